The number of nitrogens with zero attached hydrogens (tertiary/aromatic N) is 1. The number of hydrogen-bond acceptors (Lipinski definition) is 2. The summed E-state index contributed by atoms with van der Waals surface area (Å²) in [7, 11) is 0. The summed E-state index contributed by atoms with van der Waals surface area (Å²) in [6.45, 7) is 0.583. The fraction of sp³-hybridized carbons (Fsp3) is 0.0385. The Kier molecular flexibility index (Phi) is 4.75. The number of halogens is 1. The molecular weight excluding hydrogens is 452 g/mol. The van der Waals surface area contributed by atoms with Crippen LogP contribution in [0.1, 0.15) is 15.9 Å². The maximum absolute atomic E-state index is 12.2. The normalized spacial score (nSPS) is 11.3. The average Bonchev–Trinajstić information content (AvgIpc) is 3.08. The van der Waals surface area contributed by atoms with Gasteiger partial charge in [0.1, 0.15) is 5.75 Å². The summed E-state index contributed by atoms with van der Waals surface area (Å²) >= 11 is 3.54. The minimum absolute atomic E-state index is 0.128. The molecule has 5 aromatic rings. The van der Waals surface area contributed by atoms with E-state index in [-0.39, 0.29) is 5.75 Å². The quantitative estimate of drug-likeness (QED) is 0.334. The molecule has 0 atom stereocenters. The number of phenols is 1. The van der Waals surface area contributed by atoms with E-state index < -0.39 is 5.91 Å². The van der Waals surface area contributed by atoms with Crippen LogP contribution in [0.25, 0.3) is 32.9 Å². The fourth-order valence-corrected chi connectivity index (χ4v) is 4.68. The standard InChI is InChI=1S/C26H19BrN2O2/c27-19-9-4-6-16(12-19)15-29-21-11-5-10-20(26(28)31)24(21)25-22(29)13-18(14-23(25)30)17-7-2-1-3-8-17/h1-14,30H,15H2,(H2,28,31). The Bertz CT molecular complexity index is 1460. The Balaban J connectivity index is 1.86. The molecule has 31 heavy (non-hydrogen) atoms. The van der Waals surface area contributed by atoms with Crippen molar-refractivity contribution < 1.29 is 9.90 Å². The Morgan fingerprint density at radius 2 is 1.61 bits per heavy atom. The Hall–Kier alpha value is -3.57. The average molecular weight is 471 g/mol. The van der Waals surface area contributed by atoms with Crippen LogP contribution in [0.4, 0.5) is 0 Å². The van der Waals surface area contributed by atoms with Crippen molar-refractivity contribution >= 4 is 43.6 Å². The van der Waals surface area contributed by atoms with Gasteiger partial charge in [-0.15, -0.1) is 0 Å². The molecule has 0 bridgehead atoms. The zero-order chi connectivity index (χ0) is 21.5. The van der Waals surface area contributed by atoms with Crippen molar-refractivity contribution in [2.24, 2.45) is 5.73 Å². The number of benzene rings is 4. The SMILES string of the molecule is NC(=O)c1cccc2c1c1c(O)cc(-c3ccccc3)cc1n2Cc1cccc(Br)c1. The minimum atomic E-state index is -0.515. The molecule has 152 valence electrons. The van der Waals surface area contributed by atoms with E-state index in [0.29, 0.717) is 22.9 Å². The topological polar surface area (TPSA) is 68.2 Å². The van der Waals surface area contributed by atoms with Crippen LogP contribution < -0.4 is 5.73 Å². The predicted octanol–water partition coefficient (Wildman–Crippen LogP) is 6.08. The van der Waals surface area contributed by atoms with Crippen LogP contribution in [0, 0.1) is 0 Å². The van der Waals surface area contributed by atoms with Crippen molar-refractivity contribution in [1.82, 2.24) is 4.57 Å². The molecule has 1 amide bonds. The van der Waals surface area contributed by atoms with Crippen molar-refractivity contribution in [3.05, 3.63) is 101 Å². The van der Waals surface area contributed by atoms with Crippen molar-refractivity contribution in [3.8, 4) is 16.9 Å². The molecule has 1 heterocycles. The second-order valence-corrected chi connectivity index (χ2v) is 8.45. The van der Waals surface area contributed by atoms with Gasteiger partial charge in [0.25, 0.3) is 0 Å². The number of phenolic OH excluding ortho intramolecular Hbond substituents is 1. The number of rotatable bonds is 4. The highest BCUT2D eigenvalue weighted by Gasteiger charge is 2.20. The van der Waals surface area contributed by atoms with E-state index in [0.717, 1.165) is 32.2 Å². The van der Waals surface area contributed by atoms with Gasteiger partial charge in [0, 0.05) is 22.0 Å². The molecule has 0 unspecified atom stereocenters. The van der Waals surface area contributed by atoms with Crippen molar-refractivity contribution in [2.45, 2.75) is 6.54 Å². The number of aromatic hydroxyl groups is 1. The molecule has 4 nitrogen and oxygen atoms in total. The third-order valence-electron chi connectivity index (χ3n) is 5.57. The minimum Gasteiger partial charge on any atom is -0.507 e. The number of carbonyl (C=O) groups excluding carboxylic acids is 1. The summed E-state index contributed by atoms with van der Waals surface area (Å²) in [4.78, 5) is 12.2. The van der Waals surface area contributed by atoms with E-state index >= 15 is 0 Å². The first-order chi connectivity index (χ1) is 15.0. The van der Waals surface area contributed by atoms with Crippen LogP contribution >= 0.6 is 15.9 Å². The number of nitrogens with two attached hydrogens (primary N) is 1. The number of carbonyl (C=O) groups is 1. The van der Waals surface area contributed by atoms with Gasteiger partial charge in [0.05, 0.1) is 16.4 Å². The zero-order valence-electron chi connectivity index (χ0n) is 16.5. The summed E-state index contributed by atoms with van der Waals surface area (Å²) in [5.74, 6) is -0.387. The smallest absolute Gasteiger partial charge is 0.249 e. The van der Waals surface area contributed by atoms with Crippen LogP contribution in [0.3, 0.4) is 0 Å². The Labute approximate surface area is 187 Å². The van der Waals surface area contributed by atoms with Gasteiger partial charge in [0.15, 0.2) is 0 Å². The molecule has 5 rings (SSSR count). The first kappa shape index (κ1) is 19.4. The summed E-state index contributed by atoms with van der Waals surface area (Å²) in [5, 5.41) is 12.4. The van der Waals surface area contributed by atoms with Gasteiger partial charge >= 0.3 is 0 Å². The maximum Gasteiger partial charge on any atom is 0.249 e. The number of primary amides is 1. The van der Waals surface area contributed by atoms with Gasteiger partial charge < -0.3 is 15.4 Å². The van der Waals surface area contributed by atoms with Gasteiger partial charge in [-0.25, -0.2) is 0 Å². The number of hydrogen-bond donors (Lipinski definition) is 2. The molecule has 0 aliphatic rings. The second-order valence-electron chi connectivity index (χ2n) is 7.54. The molecule has 5 heteroatoms. The predicted molar refractivity (Wildman–Crippen MR) is 128 cm³/mol. The van der Waals surface area contributed by atoms with E-state index in [1.54, 1.807) is 12.1 Å². The highest BCUT2D eigenvalue weighted by atomic mass is 79.9. The molecule has 0 fully saturated rings. The lowest BCUT2D eigenvalue weighted by Crippen LogP contribution is -2.11. The second kappa shape index (κ2) is 7.60. The molecule has 1 aromatic heterocycles. The van der Waals surface area contributed by atoms with Crippen LogP contribution in [-0.4, -0.2) is 15.6 Å². The number of aromatic nitrogens is 1. The highest BCUT2D eigenvalue weighted by molar-refractivity contribution is 9.10. The van der Waals surface area contributed by atoms with Crippen LogP contribution in [0.5, 0.6) is 5.75 Å². The lowest BCUT2D eigenvalue weighted by Gasteiger charge is -2.10. The molecule has 4 aromatic carbocycles. The van der Waals surface area contributed by atoms with Crippen LogP contribution in [0.15, 0.2) is 89.4 Å². The maximum atomic E-state index is 12.2. The van der Waals surface area contributed by atoms with E-state index in [4.69, 9.17) is 5.73 Å². The molecule has 3 N–H and O–H groups in total. The monoisotopic (exact) mass is 470 g/mol. The van der Waals surface area contributed by atoms with E-state index in [9.17, 15) is 9.90 Å². The van der Waals surface area contributed by atoms with Gasteiger partial charge in [-0.05, 0) is 53.1 Å². The van der Waals surface area contributed by atoms with Crippen LogP contribution in [-0.2, 0) is 6.54 Å². The Morgan fingerprint density at radius 1 is 0.839 bits per heavy atom. The first-order valence-electron chi connectivity index (χ1n) is 9.90. The largest absolute Gasteiger partial charge is 0.507 e. The Morgan fingerprint density at radius 3 is 2.35 bits per heavy atom. The van der Waals surface area contributed by atoms with Gasteiger partial charge in [-0.2, -0.15) is 0 Å². The third kappa shape index (κ3) is 3.37. The number of amides is 1. The van der Waals surface area contributed by atoms with Crippen molar-refractivity contribution in [2.75, 3.05) is 0 Å². The van der Waals surface area contributed by atoms with E-state index in [1.807, 2.05) is 54.6 Å². The zero-order valence-corrected chi connectivity index (χ0v) is 18.1. The lowest BCUT2D eigenvalue weighted by molar-refractivity contribution is 0.100. The van der Waals surface area contributed by atoms with Crippen LogP contribution in [0.2, 0.25) is 0 Å². The molecular formula is C26H19BrN2O2. The molecule has 0 spiro atoms. The lowest BCUT2D eigenvalue weighted by atomic mass is 10.0. The van der Waals surface area contributed by atoms with Crippen molar-refractivity contribution in [1.29, 1.82) is 0 Å². The van der Waals surface area contributed by atoms with Crippen molar-refractivity contribution in [3.63, 3.8) is 0 Å². The van der Waals surface area contributed by atoms with Gasteiger partial charge in [-0.1, -0.05) is 64.5 Å². The van der Waals surface area contributed by atoms with Gasteiger partial charge in [0.2, 0.25) is 5.91 Å². The summed E-state index contributed by atoms with van der Waals surface area (Å²) in [6, 6.07) is 27.3. The van der Waals surface area contributed by atoms with E-state index in [1.165, 1.54) is 0 Å². The molecule has 0 radical (unpaired) electrons. The fourth-order valence-electron chi connectivity index (χ4n) is 4.23. The molecule has 0 saturated carbocycles. The van der Waals surface area contributed by atoms with E-state index in [2.05, 4.69) is 38.7 Å². The molecule has 0 saturated heterocycles. The number of fused-ring (bicyclic) bond motifs is 3. The summed E-state index contributed by atoms with van der Waals surface area (Å²) < 4.78 is 3.13. The molecule has 0 aliphatic carbocycles. The summed E-state index contributed by atoms with van der Waals surface area (Å²) in [5.41, 5.74) is 10.8. The summed E-state index contributed by atoms with van der Waals surface area (Å²) in [6.07, 6.45) is 0. The first-order valence-corrected chi connectivity index (χ1v) is 10.7. The highest BCUT2D eigenvalue weighted by Crippen LogP contribution is 2.40. The third-order valence-corrected chi connectivity index (χ3v) is 6.07. The van der Waals surface area contributed by atoms with Gasteiger partial charge in [-0.3, -0.25) is 4.79 Å². The molecule has 0 aliphatic heterocycles.